The van der Waals surface area contributed by atoms with Gasteiger partial charge in [-0.15, -0.1) is 0 Å². The third kappa shape index (κ3) is 7.16. The van der Waals surface area contributed by atoms with Gasteiger partial charge in [-0.2, -0.15) is 0 Å². The number of rotatable bonds is 3. The molecule has 2 saturated heterocycles. The molecule has 3 heterocycles. The number of hydrogen-bond donors (Lipinski definition) is 2. The highest BCUT2D eigenvalue weighted by Gasteiger charge is 2.56. The van der Waals surface area contributed by atoms with Crippen LogP contribution in [-0.4, -0.2) is 41.8 Å². The molecule has 3 aromatic carbocycles. The number of carbonyl (C=O) groups is 3. The van der Waals surface area contributed by atoms with Crippen LogP contribution < -0.4 is 15.4 Å². The second kappa shape index (κ2) is 14.3. The van der Waals surface area contributed by atoms with Gasteiger partial charge in [0.15, 0.2) is 0 Å². The summed E-state index contributed by atoms with van der Waals surface area (Å²) in [5, 5.41) is 7.44. The molecule has 2 fully saturated rings. The highest BCUT2D eigenvalue weighted by atomic mass is 35.5. The quantitative estimate of drug-likeness (QED) is 0.322. The van der Waals surface area contributed by atoms with Crippen LogP contribution >= 0.6 is 23.2 Å². The lowest BCUT2D eigenvalue weighted by atomic mass is 9.67. The minimum Gasteiger partial charge on any atom is -0.490 e. The zero-order chi connectivity index (χ0) is 31.1. The van der Waals surface area contributed by atoms with E-state index in [9.17, 15) is 14.4 Å². The minimum absolute atomic E-state index is 0.0456. The van der Waals surface area contributed by atoms with Crippen molar-refractivity contribution >= 4 is 46.6 Å². The average Bonchev–Trinajstić information content (AvgIpc) is 3.27. The molecule has 0 saturated carbocycles. The number of fused-ring (bicyclic) bond motifs is 2. The fraction of sp³-hybridized carbons (Fsp3) is 0.382. The van der Waals surface area contributed by atoms with E-state index < -0.39 is 11.5 Å². The summed E-state index contributed by atoms with van der Waals surface area (Å²) in [7, 11) is 0. The van der Waals surface area contributed by atoms with Crippen LogP contribution in [0.1, 0.15) is 69.2 Å². The molecule has 3 aliphatic heterocycles. The standard InChI is InChI=1S/C26H28ClN3O4.C6H5Cl.C2H6/c1-15-3-6-22(34-18-8-11-30(12-9-18)16(2)31)19(13-15)24-26(10-7-23(32)29-24)20-5-4-17(27)14-21(20)28-25(26)33;7-6-4-2-1-3-5-6;1-2/h3-6,13-14,18,24H,7-12H2,1-2H3,(H,28,33)(H,29,32);1-5H;1-2H3/t24-,26-;;/m1../s1. The van der Waals surface area contributed by atoms with Gasteiger partial charge in [-0.3, -0.25) is 14.4 Å². The summed E-state index contributed by atoms with van der Waals surface area (Å²) >= 11 is 11.7. The van der Waals surface area contributed by atoms with Crippen LogP contribution in [0.5, 0.6) is 5.75 Å². The number of anilines is 1. The first-order valence-corrected chi connectivity index (χ1v) is 15.6. The number of benzene rings is 3. The number of amides is 3. The summed E-state index contributed by atoms with van der Waals surface area (Å²) in [5.74, 6) is 0.506. The molecular weight excluding hydrogens is 585 g/mol. The Kier molecular flexibility index (Phi) is 10.7. The summed E-state index contributed by atoms with van der Waals surface area (Å²) in [6.45, 7) is 8.88. The maximum atomic E-state index is 13.5. The summed E-state index contributed by atoms with van der Waals surface area (Å²) in [4.78, 5) is 39.6. The molecule has 9 heteroatoms. The Morgan fingerprint density at radius 1 is 0.953 bits per heavy atom. The predicted molar refractivity (Wildman–Crippen MR) is 172 cm³/mol. The second-order valence-electron chi connectivity index (χ2n) is 10.8. The van der Waals surface area contributed by atoms with Gasteiger partial charge >= 0.3 is 0 Å². The van der Waals surface area contributed by atoms with Crippen molar-refractivity contribution in [1.29, 1.82) is 0 Å². The van der Waals surface area contributed by atoms with Crippen molar-refractivity contribution in [2.24, 2.45) is 0 Å². The number of likely N-dealkylation sites (tertiary alicyclic amines) is 1. The lowest BCUT2D eigenvalue weighted by Crippen LogP contribution is -2.52. The normalized spacial score (nSPS) is 21.0. The number of nitrogens with zero attached hydrogens (tertiary/aromatic N) is 1. The van der Waals surface area contributed by atoms with E-state index in [1.165, 1.54) is 0 Å². The van der Waals surface area contributed by atoms with Crippen molar-refractivity contribution in [1.82, 2.24) is 10.2 Å². The molecule has 6 rings (SSSR count). The molecular formula is C34H39Cl2N3O4. The van der Waals surface area contributed by atoms with E-state index in [0.29, 0.717) is 36.0 Å². The maximum absolute atomic E-state index is 13.5. The highest BCUT2D eigenvalue weighted by molar-refractivity contribution is 6.31. The Morgan fingerprint density at radius 3 is 2.28 bits per heavy atom. The number of carbonyl (C=O) groups excluding carboxylic acids is 3. The summed E-state index contributed by atoms with van der Waals surface area (Å²) in [6, 6.07) is 20.2. The molecule has 1 spiro atoms. The highest BCUT2D eigenvalue weighted by Crippen LogP contribution is 2.52. The molecule has 0 radical (unpaired) electrons. The van der Waals surface area contributed by atoms with Gasteiger partial charge in [0.05, 0.1) is 6.04 Å². The van der Waals surface area contributed by atoms with E-state index in [0.717, 1.165) is 34.6 Å². The van der Waals surface area contributed by atoms with Crippen molar-refractivity contribution in [2.75, 3.05) is 18.4 Å². The van der Waals surface area contributed by atoms with Crippen LogP contribution in [0.25, 0.3) is 0 Å². The fourth-order valence-corrected chi connectivity index (χ4v) is 6.26. The first kappa shape index (κ1) is 32.4. The molecule has 3 aromatic rings. The molecule has 43 heavy (non-hydrogen) atoms. The van der Waals surface area contributed by atoms with Crippen LogP contribution in [0.2, 0.25) is 10.0 Å². The summed E-state index contributed by atoms with van der Waals surface area (Å²) in [6.07, 6.45) is 2.08. The number of nitrogens with one attached hydrogen (secondary N) is 2. The molecule has 0 unspecified atom stereocenters. The minimum atomic E-state index is -0.947. The number of hydrogen-bond acceptors (Lipinski definition) is 4. The Bertz CT molecular complexity index is 1460. The van der Waals surface area contributed by atoms with Crippen LogP contribution in [0.3, 0.4) is 0 Å². The zero-order valence-electron chi connectivity index (χ0n) is 25.1. The smallest absolute Gasteiger partial charge is 0.237 e. The first-order valence-electron chi connectivity index (χ1n) is 14.8. The van der Waals surface area contributed by atoms with Gasteiger partial charge in [-0.1, -0.05) is 79.0 Å². The van der Waals surface area contributed by atoms with Gasteiger partial charge in [0.2, 0.25) is 17.7 Å². The molecule has 2 N–H and O–H groups in total. The van der Waals surface area contributed by atoms with Gasteiger partial charge in [0, 0.05) is 60.6 Å². The lowest BCUT2D eigenvalue weighted by molar-refractivity contribution is -0.131. The van der Waals surface area contributed by atoms with Crippen molar-refractivity contribution in [2.45, 2.75) is 70.9 Å². The Hall–Kier alpha value is -3.55. The van der Waals surface area contributed by atoms with Gasteiger partial charge in [-0.05, 0) is 49.2 Å². The molecule has 0 aromatic heterocycles. The lowest BCUT2D eigenvalue weighted by Gasteiger charge is -2.41. The molecule has 0 aliphatic carbocycles. The van der Waals surface area contributed by atoms with Gasteiger partial charge < -0.3 is 20.3 Å². The van der Waals surface area contributed by atoms with Crippen molar-refractivity contribution < 1.29 is 19.1 Å². The Morgan fingerprint density at radius 2 is 1.65 bits per heavy atom. The number of ether oxygens (including phenoxy) is 1. The molecule has 2 atom stereocenters. The number of aryl methyl sites for hydroxylation is 1. The third-order valence-electron chi connectivity index (χ3n) is 8.05. The Labute approximate surface area is 263 Å². The molecule has 7 nitrogen and oxygen atoms in total. The van der Waals surface area contributed by atoms with Gasteiger partial charge in [0.25, 0.3) is 0 Å². The van der Waals surface area contributed by atoms with E-state index in [2.05, 4.69) is 10.6 Å². The molecule has 3 aliphatic rings. The number of halogens is 2. The average molecular weight is 625 g/mol. The predicted octanol–water partition coefficient (Wildman–Crippen LogP) is 7.25. The van der Waals surface area contributed by atoms with Crippen molar-refractivity contribution in [3.63, 3.8) is 0 Å². The maximum Gasteiger partial charge on any atom is 0.237 e. The van der Waals surface area contributed by atoms with Crippen LogP contribution in [0.15, 0.2) is 66.7 Å². The second-order valence-corrected chi connectivity index (χ2v) is 11.6. The monoisotopic (exact) mass is 623 g/mol. The van der Waals surface area contributed by atoms with Gasteiger partial charge in [0.1, 0.15) is 17.3 Å². The number of piperidine rings is 2. The topological polar surface area (TPSA) is 87.7 Å². The summed E-state index contributed by atoms with van der Waals surface area (Å²) in [5.41, 5.74) is 2.38. The fourth-order valence-electron chi connectivity index (χ4n) is 5.94. The summed E-state index contributed by atoms with van der Waals surface area (Å²) < 4.78 is 6.46. The van der Waals surface area contributed by atoms with E-state index in [4.69, 9.17) is 27.9 Å². The van der Waals surface area contributed by atoms with Crippen LogP contribution in [0, 0.1) is 6.92 Å². The van der Waals surface area contributed by atoms with E-state index in [-0.39, 0.29) is 30.2 Å². The van der Waals surface area contributed by atoms with Crippen molar-refractivity contribution in [3.8, 4) is 5.75 Å². The van der Waals surface area contributed by atoms with E-state index >= 15 is 0 Å². The zero-order valence-corrected chi connectivity index (χ0v) is 26.6. The van der Waals surface area contributed by atoms with Crippen molar-refractivity contribution in [3.05, 3.63) is 93.5 Å². The SMILES string of the molecule is CC.CC(=O)N1CCC(Oc2ccc(C)cc2[C@H]2NC(=O)CC[C@]23C(=O)Nc2cc(Cl)ccc23)CC1.Clc1ccccc1. The third-order valence-corrected chi connectivity index (χ3v) is 8.54. The Balaban J connectivity index is 0.000000409. The largest absolute Gasteiger partial charge is 0.490 e. The molecule has 0 bridgehead atoms. The van der Waals surface area contributed by atoms with E-state index in [1.807, 2.05) is 80.3 Å². The molecule has 3 amide bonds. The molecule has 228 valence electrons. The van der Waals surface area contributed by atoms with Crippen LogP contribution in [0.4, 0.5) is 5.69 Å². The van der Waals surface area contributed by atoms with E-state index in [1.54, 1.807) is 19.1 Å². The van der Waals surface area contributed by atoms with Crippen LogP contribution in [-0.2, 0) is 19.8 Å². The first-order chi connectivity index (χ1) is 20.7. The van der Waals surface area contributed by atoms with Gasteiger partial charge in [-0.25, -0.2) is 0 Å².